The Bertz CT molecular complexity index is 939. The molecule has 1 atom stereocenters. The van der Waals surface area contributed by atoms with Crippen LogP contribution in [0.1, 0.15) is 31.0 Å². The molecular weight excluding hydrogens is 352 g/mol. The van der Waals surface area contributed by atoms with Gasteiger partial charge in [0.15, 0.2) is 0 Å². The zero-order chi connectivity index (χ0) is 18.9. The largest absolute Gasteiger partial charge is 0.490 e. The summed E-state index contributed by atoms with van der Waals surface area (Å²) in [5.74, 6) is 1.95. The number of aromatic nitrogens is 3. The maximum Gasteiger partial charge on any atom is 0.147 e. The third-order valence-corrected chi connectivity index (χ3v) is 5.85. The van der Waals surface area contributed by atoms with E-state index in [0.29, 0.717) is 6.04 Å². The lowest BCUT2D eigenvalue weighted by atomic mass is 10.1. The SMILES string of the molecule is Cc1cnc(N2CCC(Oc3cccc4c3ccn4C3CCOC3)CC2)cn1. The zero-order valence-electron chi connectivity index (χ0n) is 16.3. The summed E-state index contributed by atoms with van der Waals surface area (Å²) in [6.45, 7) is 5.50. The van der Waals surface area contributed by atoms with Gasteiger partial charge in [-0.05, 0) is 31.5 Å². The van der Waals surface area contributed by atoms with E-state index in [2.05, 4.69) is 49.9 Å². The van der Waals surface area contributed by atoms with Gasteiger partial charge in [0.2, 0.25) is 0 Å². The van der Waals surface area contributed by atoms with Crippen LogP contribution in [0.2, 0.25) is 0 Å². The van der Waals surface area contributed by atoms with Gasteiger partial charge in [-0.2, -0.15) is 0 Å². The Morgan fingerprint density at radius 1 is 1.07 bits per heavy atom. The summed E-state index contributed by atoms with van der Waals surface area (Å²) in [6.07, 6.45) is 9.17. The molecule has 0 radical (unpaired) electrons. The van der Waals surface area contributed by atoms with Crippen LogP contribution in [0, 0.1) is 6.92 Å². The van der Waals surface area contributed by atoms with Crippen LogP contribution in [0.25, 0.3) is 10.9 Å². The predicted molar refractivity (Wildman–Crippen MR) is 109 cm³/mol. The Kier molecular flexibility index (Phi) is 4.64. The van der Waals surface area contributed by atoms with Crippen molar-refractivity contribution in [2.45, 2.75) is 38.3 Å². The fourth-order valence-corrected chi connectivity index (χ4v) is 4.25. The van der Waals surface area contributed by atoms with E-state index in [9.17, 15) is 0 Å². The first kappa shape index (κ1) is 17.5. The maximum atomic E-state index is 6.44. The Balaban J connectivity index is 1.28. The number of aryl methyl sites for hydroxylation is 1. The fourth-order valence-electron chi connectivity index (χ4n) is 4.25. The minimum Gasteiger partial charge on any atom is -0.490 e. The van der Waals surface area contributed by atoms with E-state index in [1.165, 1.54) is 10.9 Å². The topological polar surface area (TPSA) is 52.4 Å². The molecule has 1 unspecified atom stereocenters. The molecule has 0 bridgehead atoms. The van der Waals surface area contributed by atoms with Crippen LogP contribution < -0.4 is 9.64 Å². The van der Waals surface area contributed by atoms with E-state index >= 15 is 0 Å². The van der Waals surface area contributed by atoms with Gasteiger partial charge < -0.3 is 18.9 Å². The van der Waals surface area contributed by atoms with Crippen molar-refractivity contribution in [3.63, 3.8) is 0 Å². The molecule has 28 heavy (non-hydrogen) atoms. The van der Waals surface area contributed by atoms with Gasteiger partial charge in [0.25, 0.3) is 0 Å². The Morgan fingerprint density at radius 2 is 1.96 bits per heavy atom. The number of piperidine rings is 1. The molecule has 0 aliphatic carbocycles. The number of ether oxygens (including phenoxy) is 2. The van der Waals surface area contributed by atoms with Gasteiger partial charge in [0.05, 0.1) is 36.3 Å². The highest BCUT2D eigenvalue weighted by Gasteiger charge is 2.23. The molecule has 0 saturated carbocycles. The Labute approximate surface area is 165 Å². The Hall–Kier alpha value is -2.60. The second kappa shape index (κ2) is 7.43. The third-order valence-electron chi connectivity index (χ3n) is 5.85. The van der Waals surface area contributed by atoms with Crippen molar-refractivity contribution in [3.05, 3.63) is 48.5 Å². The minimum atomic E-state index is 0.235. The summed E-state index contributed by atoms with van der Waals surface area (Å²) in [5, 5.41) is 1.20. The molecule has 2 saturated heterocycles. The second-order valence-electron chi connectivity index (χ2n) is 7.75. The maximum absolute atomic E-state index is 6.44. The molecule has 2 aromatic heterocycles. The number of anilines is 1. The van der Waals surface area contributed by atoms with Gasteiger partial charge in [0, 0.05) is 44.1 Å². The summed E-state index contributed by atoms with van der Waals surface area (Å²) in [5.41, 5.74) is 2.19. The first-order valence-electron chi connectivity index (χ1n) is 10.2. The summed E-state index contributed by atoms with van der Waals surface area (Å²) < 4.78 is 14.4. The fraction of sp³-hybridized carbons (Fsp3) is 0.455. The van der Waals surface area contributed by atoms with Crippen LogP contribution in [0.3, 0.4) is 0 Å². The van der Waals surface area contributed by atoms with Crippen molar-refractivity contribution in [1.82, 2.24) is 14.5 Å². The van der Waals surface area contributed by atoms with Gasteiger partial charge in [-0.25, -0.2) is 4.98 Å². The van der Waals surface area contributed by atoms with Gasteiger partial charge in [0.1, 0.15) is 17.7 Å². The number of hydrogen-bond donors (Lipinski definition) is 0. The lowest BCUT2D eigenvalue weighted by Gasteiger charge is -2.32. The molecule has 5 rings (SSSR count). The molecule has 0 spiro atoms. The van der Waals surface area contributed by atoms with Crippen LogP contribution >= 0.6 is 0 Å². The number of hydrogen-bond acceptors (Lipinski definition) is 5. The molecule has 3 aromatic rings. The van der Waals surface area contributed by atoms with Crippen molar-refractivity contribution in [3.8, 4) is 5.75 Å². The summed E-state index contributed by atoms with van der Waals surface area (Å²) >= 11 is 0. The predicted octanol–water partition coefficient (Wildman–Crippen LogP) is 3.75. The van der Waals surface area contributed by atoms with E-state index in [0.717, 1.165) is 62.8 Å². The molecule has 6 heteroatoms. The van der Waals surface area contributed by atoms with Gasteiger partial charge in [-0.1, -0.05) is 6.07 Å². The molecule has 1 aromatic carbocycles. The Morgan fingerprint density at radius 3 is 2.71 bits per heavy atom. The van der Waals surface area contributed by atoms with Crippen molar-refractivity contribution < 1.29 is 9.47 Å². The van der Waals surface area contributed by atoms with E-state index in [-0.39, 0.29) is 6.10 Å². The third kappa shape index (κ3) is 3.33. The summed E-state index contributed by atoms with van der Waals surface area (Å²) in [4.78, 5) is 11.2. The molecule has 2 fully saturated rings. The number of benzene rings is 1. The second-order valence-corrected chi connectivity index (χ2v) is 7.75. The summed E-state index contributed by atoms with van der Waals surface area (Å²) in [7, 11) is 0. The molecule has 2 aliphatic rings. The number of rotatable bonds is 4. The molecule has 6 nitrogen and oxygen atoms in total. The average Bonchev–Trinajstić information content (AvgIpc) is 3.39. The zero-order valence-corrected chi connectivity index (χ0v) is 16.3. The van der Waals surface area contributed by atoms with Gasteiger partial charge in [-0.15, -0.1) is 0 Å². The monoisotopic (exact) mass is 378 g/mol. The van der Waals surface area contributed by atoms with Gasteiger partial charge >= 0.3 is 0 Å². The molecule has 146 valence electrons. The smallest absolute Gasteiger partial charge is 0.147 e. The van der Waals surface area contributed by atoms with Crippen molar-refractivity contribution in [2.75, 3.05) is 31.2 Å². The van der Waals surface area contributed by atoms with Crippen molar-refractivity contribution >= 4 is 16.7 Å². The molecule has 0 amide bonds. The number of fused-ring (bicyclic) bond motifs is 1. The van der Waals surface area contributed by atoms with Crippen LogP contribution in [-0.4, -0.2) is 46.9 Å². The van der Waals surface area contributed by atoms with Crippen LogP contribution in [-0.2, 0) is 4.74 Å². The minimum absolute atomic E-state index is 0.235. The first-order chi connectivity index (χ1) is 13.8. The van der Waals surface area contributed by atoms with E-state index in [1.54, 1.807) is 0 Å². The van der Waals surface area contributed by atoms with Crippen LogP contribution in [0.4, 0.5) is 5.82 Å². The van der Waals surface area contributed by atoms with Gasteiger partial charge in [-0.3, -0.25) is 4.98 Å². The highest BCUT2D eigenvalue weighted by atomic mass is 16.5. The van der Waals surface area contributed by atoms with Crippen molar-refractivity contribution in [1.29, 1.82) is 0 Å². The summed E-state index contributed by atoms with van der Waals surface area (Å²) in [6, 6.07) is 8.99. The van der Waals surface area contributed by atoms with E-state index in [4.69, 9.17) is 9.47 Å². The molecule has 4 heterocycles. The quantitative estimate of drug-likeness (QED) is 0.692. The number of nitrogens with zero attached hydrogens (tertiary/aromatic N) is 4. The first-order valence-corrected chi connectivity index (χ1v) is 10.2. The standard InChI is InChI=1S/C22H26N4O2/c1-16-13-24-22(14-23-16)25-9-5-18(6-10-25)28-21-4-2-3-20-19(21)7-11-26(20)17-8-12-27-15-17/h2-4,7,11,13-14,17-18H,5-6,8-10,12,15H2,1H3. The highest BCUT2D eigenvalue weighted by molar-refractivity contribution is 5.86. The lowest BCUT2D eigenvalue weighted by Crippen LogP contribution is -2.38. The normalized spacial score (nSPS) is 20.8. The van der Waals surface area contributed by atoms with Crippen LogP contribution in [0.5, 0.6) is 5.75 Å². The highest BCUT2D eigenvalue weighted by Crippen LogP contribution is 2.32. The average molecular weight is 378 g/mol. The lowest BCUT2D eigenvalue weighted by molar-refractivity contribution is 0.173. The van der Waals surface area contributed by atoms with E-state index in [1.807, 2.05) is 19.3 Å². The molecule has 0 N–H and O–H groups in total. The molecular formula is C22H26N4O2. The van der Waals surface area contributed by atoms with Crippen LogP contribution in [0.15, 0.2) is 42.9 Å². The molecule has 2 aliphatic heterocycles. The van der Waals surface area contributed by atoms with Crippen molar-refractivity contribution in [2.24, 2.45) is 0 Å². The van der Waals surface area contributed by atoms with E-state index < -0.39 is 0 Å².